The Hall–Kier alpha value is -1.38. The quantitative estimate of drug-likeness (QED) is 0.264. The minimum absolute atomic E-state index is 0.128. The predicted octanol–water partition coefficient (Wildman–Crippen LogP) is 2.14. The third-order valence-electron chi connectivity index (χ3n) is 3.74. The van der Waals surface area contributed by atoms with Crippen LogP contribution < -0.4 is 5.32 Å². The Balaban J connectivity index is 4.30. The lowest BCUT2D eigenvalue weighted by Gasteiger charge is -2.29. The van der Waals surface area contributed by atoms with Gasteiger partial charge < -0.3 is 23.8 Å². The number of carbonyl (C=O) groups excluding carboxylic acids is 2. The zero-order valence-electron chi connectivity index (χ0n) is 15.8. The Bertz CT molecular complexity index is 427. The summed E-state index contributed by atoms with van der Waals surface area (Å²) in [6.45, 7) is 12.7. The molecule has 0 heterocycles. The summed E-state index contributed by atoms with van der Waals surface area (Å²) < 4.78 is 15.9. The lowest BCUT2D eigenvalue weighted by Crippen LogP contribution is -2.45. The molecule has 1 atom stereocenters. The van der Waals surface area contributed by atoms with Crippen molar-refractivity contribution in [2.45, 2.75) is 33.4 Å². The van der Waals surface area contributed by atoms with Gasteiger partial charge in [0.2, 0.25) is 0 Å². The molecular weight excluding hydrogens is 328 g/mol. The number of rotatable bonds is 11. The van der Waals surface area contributed by atoms with Gasteiger partial charge in [0.25, 0.3) is 0 Å². The fourth-order valence-electron chi connectivity index (χ4n) is 2.22. The SMILES string of the molecule is C=C(C)C(=O)OCCNC(=O)N(CC)CC(C)C[Si](C)(OC)OC. The molecule has 0 aromatic rings. The van der Waals surface area contributed by atoms with E-state index >= 15 is 0 Å². The Morgan fingerprint density at radius 2 is 1.88 bits per heavy atom. The Morgan fingerprint density at radius 3 is 2.33 bits per heavy atom. The number of nitrogens with one attached hydrogen (secondary N) is 1. The molecule has 8 heteroatoms. The molecule has 1 N–H and O–H groups in total. The van der Waals surface area contributed by atoms with E-state index < -0.39 is 14.5 Å². The topological polar surface area (TPSA) is 77.1 Å². The lowest BCUT2D eigenvalue weighted by molar-refractivity contribution is -0.138. The van der Waals surface area contributed by atoms with Crippen LogP contribution in [-0.2, 0) is 18.4 Å². The zero-order chi connectivity index (χ0) is 18.8. The van der Waals surface area contributed by atoms with E-state index in [-0.39, 0.29) is 25.1 Å². The van der Waals surface area contributed by atoms with E-state index in [0.29, 0.717) is 18.7 Å². The van der Waals surface area contributed by atoms with E-state index in [2.05, 4.69) is 18.8 Å². The molecular formula is C16H32N2O5Si. The second kappa shape index (κ2) is 11.2. The van der Waals surface area contributed by atoms with E-state index in [0.717, 1.165) is 6.04 Å². The molecule has 0 rings (SSSR count). The first-order chi connectivity index (χ1) is 11.2. The minimum Gasteiger partial charge on any atom is -0.460 e. The van der Waals surface area contributed by atoms with Gasteiger partial charge in [0.1, 0.15) is 6.61 Å². The average Bonchev–Trinajstić information content (AvgIpc) is 2.55. The summed E-state index contributed by atoms with van der Waals surface area (Å²) >= 11 is 0. The fraction of sp³-hybridized carbons (Fsp3) is 0.750. The maximum absolute atomic E-state index is 12.2. The van der Waals surface area contributed by atoms with Crippen LogP contribution in [0, 0.1) is 5.92 Å². The molecule has 0 aromatic carbocycles. The largest absolute Gasteiger partial charge is 0.460 e. The average molecular weight is 361 g/mol. The van der Waals surface area contributed by atoms with Gasteiger partial charge in [-0.3, -0.25) is 0 Å². The van der Waals surface area contributed by atoms with Gasteiger partial charge in [-0.05, 0) is 32.4 Å². The summed E-state index contributed by atoms with van der Waals surface area (Å²) in [6.07, 6.45) is 0. The number of ether oxygens (including phenoxy) is 1. The monoisotopic (exact) mass is 360 g/mol. The highest BCUT2D eigenvalue weighted by atomic mass is 28.4. The number of hydrogen-bond acceptors (Lipinski definition) is 5. The van der Waals surface area contributed by atoms with Gasteiger partial charge >= 0.3 is 20.6 Å². The molecule has 0 saturated carbocycles. The Labute approximate surface area is 146 Å². The standard InChI is InChI=1S/C16H32N2O5Si/c1-8-18(11-14(4)12-24(7,21-5)22-6)16(20)17-9-10-23-15(19)13(2)3/h14H,2,8-12H2,1,3-7H3,(H,17,20). The van der Waals surface area contributed by atoms with Crippen molar-refractivity contribution in [1.29, 1.82) is 0 Å². The first-order valence-corrected chi connectivity index (χ1v) is 10.7. The van der Waals surface area contributed by atoms with Crippen molar-refractivity contribution in [3.8, 4) is 0 Å². The summed E-state index contributed by atoms with van der Waals surface area (Å²) in [5.41, 5.74) is 0.342. The second-order valence-electron chi connectivity index (χ2n) is 6.04. The summed E-state index contributed by atoms with van der Waals surface area (Å²) in [6, 6.07) is 0.633. The van der Waals surface area contributed by atoms with Crippen LogP contribution in [0.4, 0.5) is 4.79 Å². The number of esters is 1. The first-order valence-electron chi connectivity index (χ1n) is 8.14. The van der Waals surface area contributed by atoms with Crippen molar-refractivity contribution in [2.75, 3.05) is 40.5 Å². The molecule has 0 fully saturated rings. The molecule has 0 aliphatic carbocycles. The van der Waals surface area contributed by atoms with E-state index in [9.17, 15) is 9.59 Å². The van der Waals surface area contributed by atoms with Gasteiger partial charge in [-0.2, -0.15) is 0 Å². The van der Waals surface area contributed by atoms with Crippen LogP contribution in [0.15, 0.2) is 12.2 Å². The van der Waals surface area contributed by atoms with Crippen molar-refractivity contribution >= 4 is 20.6 Å². The van der Waals surface area contributed by atoms with Gasteiger partial charge in [0.15, 0.2) is 0 Å². The molecule has 7 nitrogen and oxygen atoms in total. The minimum atomic E-state index is -2.15. The number of amides is 2. The molecule has 0 saturated heterocycles. The molecule has 0 aromatic heterocycles. The molecule has 0 spiro atoms. The molecule has 2 amide bonds. The van der Waals surface area contributed by atoms with Gasteiger partial charge in [-0.15, -0.1) is 0 Å². The number of urea groups is 1. The van der Waals surface area contributed by atoms with E-state index in [1.54, 1.807) is 26.0 Å². The van der Waals surface area contributed by atoms with Crippen LogP contribution in [0.5, 0.6) is 0 Å². The van der Waals surface area contributed by atoms with E-state index in [4.69, 9.17) is 13.6 Å². The highest BCUT2D eigenvalue weighted by Gasteiger charge is 2.31. The van der Waals surface area contributed by atoms with Crippen LogP contribution >= 0.6 is 0 Å². The molecule has 24 heavy (non-hydrogen) atoms. The number of carbonyl (C=O) groups is 2. The highest BCUT2D eigenvalue weighted by molar-refractivity contribution is 6.66. The fourth-order valence-corrected chi connectivity index (χ4v) is 4.11. The van der Waals surface area contributed by atoms with Crippen molar-refractivity contribution in [3.05, 3.63) is 12.2 Å². The summed E-state index contributed by atoms with van der Waals surface area (Å²) in [7, 11) is 1.18. The number of nitrogens with zero attached hydrogens (tertiary/aromatic N) is 1. The summed E-state index contributed by atoms with van der Waals surface area (Å²) in [5, 5.41) is 2.75. The first kappa shape index (κ1) is 22.6. The normalized spacial score (nSPS) is 12.4. The third-order valence-corrected chi connectivity index (χ3v) is 6.91. The highest BCUT2D eigenvalue weighted by Crippen LogP contribution is 2.19. The maximum atomic E-state index is 12.2. The molecule has 0 aliphatic rings. The molecule has 140 valence electrons. The van der Waals surface area contributed by atoms with Crippen LogP contribution in [0.3, 0.4) is 0 Å². The van der Waals surface area contributed by atoms with Gasteiger partial charge in [-0.1, -0.05) is 13.5 Å². The van der Waals surface area contributed by atoms with Crippen LogP contribution in [-0.4, -0.2) is 65.9 Å². The van der Waals surface area contributed by atoms with Gasteiger partial charge in [-0.25, -0.2) is 9.59 Å². The Morgan fingerprint density at radius 1 is 1.29 bits per heavy atom. The predicted molar refractivity (Wildman–Crippen MR) is 96.0 cm³/mol. The zero-order valence-corrected chi connectivity index (χ0v) is 16.8. The van der Waals surface area contributed by atoms with Crippen LogP contribution in [0.2, 0.25) is 12.6 Å². The molecule has 0 radical (unpaired) electrons. The molecule has 0 aliphatic heterocycles. The van der Waals surface area contributed by atoms with Gasteiger partial charge in [0.05, 0.1) is 6.54 Å². The summed E-state index contributed by atoms with van der Waals surface area (Å²) in [4.78, 5) is 25.2. The van der Waals surface area contributed by atoms with Crippen LogP contribution in [0.1, 0.15) is 20.8 Å². The summed E-state index contributed by atoms with van der Waals surface area (Å²) in [5.74, 6) is -0.192. The number of hydrogen-bond donors (Lipinski definition) is 1. The van der Waals surface area contributed by atoms with Crippen LogP contribution in [0.25, 0.3) is 0 Å². The van der Waals surface area contributed by atoms with Crippen molar-refractivity contribution in [3.63, 3.8) is 0 Å². The smallest absolute Gasteiger partial charge is 0.334 e. The second-order valence-corrected chi connectivity index (χ2v) is 9.53. The molecule has 1 unspecified atom stereocenters. The van der Waals surface area contributed by atoms with Gasteiger partial charge in [0, 0.05) is 32.9 Å². The van der Waals surface area contributed by atoms with E-state index in [1.807, 2.05) is 13.5 Å². The maximum Gasteiger partial charge on any atom is 0.334 e. The van der Waals surface area contributed by atoms with Crippen molar-refractivity contribution in [1.82, 2.24) is 10.2 Å². The van der Waals surface area contributed by atoms with Crippen molar-refractivity contribution < 1.29 is 23.2 Å². The third kappa shape index (κ3) is 8.46. The lowest BCUT2D eigenvalue weighted by atomic mass is 10.2. The van der Waals surface area contributed by atoms with Crippen molar-refractivity contribution in [2.24, 2.45) is 5.92 Å². The Kier molecular flexibility index (Phi) is 10.6. The van der Waals surface area contributed by atoms with E-state index in [1.165, 1.54) is 0 Å². The molecule has 0 bridgehead atoms.